The number of anilines is 1. The van der Waals surface area contributed by atoms with Crippen molar-refractivity contribution in [3.63, 3.8) is 0 Å². The number of esters is 3. The second-order valence-corrected chi connectivity index (χ2v) is 12.4. The van der Waals surface area contributed by atoms with Crippen molar-refractivity contribution in [1.29, 1.82) is 5.26 Å². The third kappa shape index (κ3) is 6.80. The number of carbonyl (C=O) groups is 3. The molecule has 2 fully saturated rings. The van der Waals surface area contributed by atoms with E-state index in [9.17, 15) is 19.6 Å². The van der Waals surface area contributed by atoms with Crippen LogP contribution in [-0.4, -0.2) is 69.5 Å². The quantitative estimate of drug-likeness (QED) is 0.243. The standard InChI is InChI=1S/C30H43N7O7/c1-16(2)23(32)28(39)42-25-20(13-41-22(38)12-18-8-6-5-7-9-18)44-30(14-31,26(25)43-29(40)24(33)17(3)4)21-11-10-19-27(34)35-15-36-37(19)21/h10-11,15-18,20,23-26H,5-9,12-13,32-33H2,1-4H3,(H2,34,35,36)/t20-,23+,24?,25-,26-,30+/m1/s1. The van der Waals surface area contributed by atoms with Gasteiger partial charge in [0.2, 0.25) is 5.60 Å². The molecular weight excluding hydrogens is 570 g/mol. The van der Waals surface area contributed by atoms with Crippen LogP contribution in [-0.2, 0) is 38.9 Å². The van der Waals surface area contributed by atoms with Crippen LogP contribution in [0.2, 0.25) is 0 Å². The number of hydrogen-bond donors (Lipinski definition) is 3. The van der Waals surface area contributed by atoms with Gasteiger partial charge in [0, 0.05) is 6.42 Å². The number of ether oxygens (including phenoxy) is 4. The Hall–Kier alpha value is -3.80. The fourth-order valence-electron chi connectivity index (χ4n) is 5.62. The molecule has 6 N–H and O–H groups in total. The monoisotopic (exact) mass is 613 g/mol. The van der Waals surface area contributed by atoms with E-state index in [1.54, 1.807) is 33.8 Å². The molecule has 6 atom stereocenters. The molecule has 14 nitrogen and oxygen atoms in total. The van der Waals surface area contributed by atoms with E-state index in [2.05, 4.69) is 16.2 Å². The van der Waals surface area contributed by atoms with Crippen LogP contribution in [0.4, 0.5) is 5.82 Å². The summed E-state index contributed by atoms with van der Waals surface area (Å²) in [6.07, 6.45) is 2.43. The van der Waals surface area contributed by atoms with Crippen LogP contribution in [0.15, 0.2) is 18.5 Å². The van der Waals surface area contributed by atoms with Gasteiger partial charge in [-0.05, 0) is 42.7 Å². The summed E-state index contributed by atoms with van der Waals surface area (Å²) >= 11 is 0. The summed E-state index contributed by atoms with van der Waals surface area (Å²) in [5, 5.41) is 15.0. The average Bonchev–Trinajstić information content (AvgIpc) is 3.56. The Balaban J connectivity index is 1.75. The highest BCUT2D eigenvalue weighted by molar-refractivity contribution is 5.77. The van der Waals surface area contributed by atoms with Crippen LogP contribution in [0, 0.1) is 29.1 Å². The predicted octanol–water partition coefficient (Wildman–Crippen LogP) is 1.73. The largest absolute Gasteiger partial charge is 0.463 e. The maximum absolute atomic E-state index is 13.3. The Morgan fingerprint density at radius 2 is 1.70 bits per heavy atom. The lowest BCUT2D eigenvalue weighted by Crippen LogP contribution is -2.51. The van der Waals surface area contributed by atoms with Crippen molar-refractivity contribution in [2.75, 3.05) is 12.3 Å². The SMILES string of the molecule is CC(C)C(N)C(=O)O[C@@H]1[C@H](OC(=O)[C@@H](N)C(C)C)[C@@H](COC(=O)CC2CCCCC2)O[C@@]1(C#N)c1ccc2c(N)ncnn12. The van der Waals surface area contributed by atoms with Crippen LogP contribution in [0.5, 0.6) is 0 Å². The first-order chi connectivity index (χ1) is 20.9. The van der Waals surface area contributed by atoms with Gasteiger partial charge >= 0.3 is 17.9 Å². The van der Waals surface area contributed by atoms with Gasteiger partial charge in [-0.25, -0.2) is 9.50 Å². The highest BCUT2D eigenvalue weighted by Gasteiger charge is 2.63. The number of hydrogen-bond acceptors (Lipinski definition) is 13. The molecule has 3 heterocycles. The van der Waals surface area contributed by atoms with Crippen molar-refractivity contribution < 1.29 is 33.3 Å². The van der Waals surface area contributed by atoms with Crippen LogP contribution in [0.3, 0.4) is 0 Å². The van der Waals surface area contributed by atoms with Crippen molar-refractivity contribution in [2.24, 2.45) is 29.2 Å². The first kappa shape index (κ1) is 33.1. The number of fused-ring (bicyclic) bond motifs is 1. The van der Waals surface area contributed by atoms with Crippen molar-refractivity contribution in [2.45, 2.75) is 102 Å². The summed E-state index contributed by atoms with van der Waals surface area (Å²) in [6.45, 7) is 6.59. The van der Waals surface area contributed by atoms with Crippen molar-refractivity contribution in [3.05, 3.63) is 24.2 Å². The minimum absolute atomic E-state index is 0.130. The molecule has 0 aromatic carbocycles. The molecule has 0 amide bonds. The molecule has 2 aromatic rings. The highest BCUT2D eigenvalue weighted by Crippen LogP contribution is 2.44. The number of aromatic nitrogens is 3. The molecule has 44 heavy (non-hydrogen) atoms. The minimum Gasteiger partial charge on any atom is -0.463 e. The maximum Gasteiger partial charge on any atom is 0.323 e. The molecular formula is C30H43N7O7. The van der Waals surface area contributed by atoms with Gasteiger partial charge in [0.1, 0.15) is 42.7 Å². The zero-order valence-corrected chi connectivity index (χ0v) is 25.7. The molecule has 4 rings (SSSR count). The minimum atomic E-state index is -2.09. The second kappa shape index (κ2) is 13.9. The Labute approximate surface area is 256 Å². The summed E-state index contributed by atoms with van der Waals surface area (Å²) in [5.74, 6) is -2.33. The van der Waals surface area contributed by atoms with Crippen molar-refractivity contribution in [1.82, 2.24) is 14.6 Å². The number of carbonyl (C=O) groups excluding carboxylic acids is 3. The van der Waals surface area contributed by atoms with Gasteiger partial charge in [-0.3, -0.25) is 14.4 Å². The summed E-state index contributed by atoms with van der Waals surface area (Å²) in [4.78, 5) is 43.4. The van der Waals surface area contributed by atoms with E-state index in [1.165, 1.54) is 16.9 Å². The zero-order chi connectivity index (χ0) is 32.2. The van der Waals surface area contributed by atoms with Gasteiger partial charge in [0.15, 0.2) is 18.0 Å². The third-order valence-electron chi connectivity index (χ3n) is 8.50. The molecule has 1 saturated heterocycles. The number of nitrogens with two attached hydrogens (primary N) is 3. The van der Waals surface area contributed by atoms with E-state index in [4.69, 9.17) is 36.1 Å². The molecule has 240 valence electrons. The average molecular weight is 614 g/mol. The van der Waals surface area contributed by atoms with E-state index in [0.29, 0.717) is 5.52 Å². The van der Waals surface area contributed by atoms with Gasteiger partial charge in [-0.1, -0.05) is 47.0 Å². The molecule has 1 saturated carbocycles. The smallest absolute Gasteiger partial charge is 0.323 e. The van der Waals surface area contributed by atoms with Crippen molar-refractivity contribution >= 4 is 29.2 Å². The third-order valence-corrected chi connectivity index (χ3v) is 8.50. The fourth-order valence-corrected chi connectivity index (χ4v) is 5.62. The Morgan fingerprint density at radius 1 is 1.07 bits per heavy atom. The molecule has 1 aliphatic heterocycles. The normalized spacial score (nSPS) is 25.5. The lowest BCUT2D eigenvalue weighted by atomic mass is 9.87. The molecule has 0 radical (unpaired) electrons. The lowest BCUT2D eigenvalue weighted by Gasteiger charge is -2.30. The van der Waals surface area contributed by atoms with E-state index in [0.717, 1.165) is 32.1 Å². The van der Waals surface area contributed by atoms with Crippen LogP contribution in [0.25, 0.3) is 5.52 Å². The molecule has 2 aliphatic rings. The fraction of sp³-hybridized carbons (Fsp3) is 0.667. The number of nitrogen functional groups attached to an aromatic ring is 1. The van der Waals surface area contributed by atoms with Gasteiger partial charge < -0.3 is 36.1 Å². The van der Waals surface area contributed by atoms with Crippen LogP contribution in [0.1, 0.15) is 71.9 Å². The molecule has 14 heteroatoms. The molecule has 2 aromatic heterocycles. The summed E-state index contributed by atoms with van der Waals surface area (Å²) in [7, 11) is 0. The molecule has 1 unspecified atom stereocenters. The molecule has 0 spiro atoms. The topological polar surface area (TPSA) is 220 Å². The summed E-state index contributed by atoms with van der Waals surface area (Å²) in [6, 6.07) is 3.15. The van der Waals surface area contributed by atoms with E-state index in [-0.39, 0.29) is 42.3 Å². The van der Waals surface area contributed by atoms with Gasteiger partial charge in [0.05, 0.1) is 5.69 Å². The molecule has 1 aliphatic carbocycles. The van der Waals surface area contributed by atoms with Crippen LogP contribution < -0.4 is 17.2 Å². The second-order valence-electron chi connectivity index (χ2n) is 12.4. The Morgan fingerprint density at radius 3 is 2.32 bits per heavy atom. The Bertz CT molecular complexity index is 1380. The van der Waals surface area contributed by atoms with Gasteiger partial charge in [-0.15, -0.1) is 0 Å². The summed E-state index contributed by atoms with van der Waals surface area (Å²) in [5.41, 5.74) is 16.7. The molecule has 0 bridgehead atoms. The number of rotatable bonds is 11. The number of nitrogens with zero attached hydrogens (tertiary/aromatic N) is 4. The highest BCUT2D eigenvalue weighted by atomic mass is 16.7. The van der Waals surface area contributed by atoms with E-state index in [1.807, 2.05) is 0 Å². The summed E-state index contributed by atoms with van der Waals surface area (Å²) < 4.78 is 25.1. The maximum atomic E-state index is 13.3. The van der Waals surface area contributed by atoms with E-state index >= 15 is 0 Å². The van der Waals surface area contributed by atoms with Crippen LogP contribution >= 0.6 is 0 Å². The van der Waals surface area contributed by atoms with Gasteiger partial charge in [0.25, 0.3) is 0 Å². The van der Waals surface area contributed by atoms with Crippen molar-refractivity contribution in [3.8, 4) is 6.07 Å². The van der Waals surface area contributed by atoms with Gasteiger partial charge in [-0.2, -0.15) is 10.4 Å². The van der Waals surface area contributed by atoms with E-state index < -0.39 is 53.9 Å². The first-order valence-corrected chi connectivity index (χ1v) is 15.1. The first-order valence-electron chi connectivity index (χ1n) is 15.1. The Kier molecular flexibility index (Phi) is 10.4. The predicted molar refractivity (Wildman–Crippen MR) is 157 cm³/mol. The number of nitriles is 1. The lowest BCUT2D eigenvalue weighted by molar-refractivity contribution is -0.172. The zero-order valence-electron chi connectivity index (χ0n) is 25.7.